The standard InChI is InChI=1S/C11H14N4OS/c1-8(7-17(2)16)14-10-4-3-9-11(15-10)13-6-5-12-9/h3-6,8H,7H2,1-2H3,(H,13,14,15). The minimum atomic E-state index is -0.815. The van der Waals surface area contributed by atoms with E-state index in [9.17, 15) is 4.21 Å². The number of hydrogen-bond donors (Lipinski definition) is 1. The zero-order valence-corrected chi connectivity index (χ0v) is 10.6. The maximum absolute atomic E-state index is 11.1. The molecule has 0 bridgehead atoms. The Morgan fingerprint density at radius 3 is 2.88 bits per heavy atom. The van der Waals surface area contributed by atoms with Gasteiger partial charge in [0, 0.05) is 41.2 Å². The van der Waals surface area contributed by atoms with Gasteiger partial charge < -0.3 is 5.32 Å². The topological polar surface area (TPSA) is 67.8 Å². The molecule has 0 aromatic carbocycles. The Bertz CT molecular complexity index is 546. The fourth-order valence-electron chi connectivity index (χ4n) is 1.58. The summed E-state index contributed by atoms with van der Waals surface area (Å²) in [6.07, 6.45) is 4.95. The van der Waals surface area contributed by atoms with E-state index in [2.05, 4.69) is 20.3 Å². The third kappa shape index (κ3) is 3.20. The summed E-state index contributed by atoms with van der Waals surface area (Å²) in [5.41, 5.74) is 1.38. The van der Waals surface area contributed by atoms with Gasteiger partial charge in [0.15, 0.2) is 5.65 Å². The normalized spacial score (nSPS) is 14.5. The molecule has 0 aliphatic rings. The maximum Gasteiger partial charge on any atom is 0.180 e. The molecule has 0 fully saturated rings. The predicted octanol–water partition coefficient (Wildman–Crippen LogP) is 1.20. The fourth-order valence-corrected chi connectivity index (χ4v) is 2.37. The second-order valence-electron chi connectivity index (χ2n) is 3.88. The molecule has 2 rings (SSSR count). The smallest absolute Gasteiger partial charge is 0.180 e. The largest absolute Gasteiger partial charge is 0.367 e. The highest BCUT2D eigenvalue weighted by molar-refractivity contribution is 7.84. The van der Waals surface area contributed by atoms with Gasteiger partial charge in [-0.3, -0.25) is 9.19 Å². The molecule has 0 radical (unpaired) electrons. The van der Waals surface area contributed by atoms with Crippen molar-refractivity contribution in [3.8, 4) is 0 Å². The Kier molecular flexibility index (Phi) is 3.63. The van der Waals surface area contributed by atoms with Crippen molar-refractivity contribution in [1.82, 2.24) is 15.0 Å². The molecule has 6 heteroatoms. The van der Waals surface area contributed by atoms with Crippen LogP contribution in [-0.4, -0.2) is 37.2 Å². The lowest BCUT2D eigenvalue weighted by Gasteiger charge is -2.12. The molecule has 0 saturated heterocycles. The van der Waals surface area contributed by atoms with Gasteiger partial charge in [-0.15, -0.1) is 0 Å². The molecule has 0 aliphatic heterocycles. The van der Waals surface area contributed by atoms with Crippen molar-refractivity contribution in [2.75, 3.05) is 17.3 Å². The number of fused-ring (bicyclic) bond motifs is 1. The van der Waals surface area contributed by atoms with Crippen LogP contribution in [0.15, 0.2) is 24.5 Å². The van der Waals surface area contributed by atoms with Crippen molar-refractivity contribution in [2.45, 2.75) is 13.0 Å². The third-order valence-electron chi connectivity index (χ3n) is 2.21. The van der Waals surface area contributed by atoms with E-state index < -0.39 is 10.8 Å². The monoisotopic (exact) mass is 250 g/mol. The summed E-state index contributed by atoms with van der Waals surface area (Å²) < 4.78 is 11.1. The van der Waals surface area contributed by atoms with Crippen LogP contribution in [0.1, 0.15) is 6.92 Å². The molecule has 2 aromatic rings. The van der Waals surface area contributed by atoms with Gasteiger partial charge in [0.05, 0.1) is 0 Å². The molecule has 2 unspecified atom stereocenters. The molecule has 0 spiro atoms. The Morgan fingerprint density at radius 1 is 1.35 bits per heavy atom. The quantitative estimate of drug-likeness (QED) is 0.883. The first-order valence-electron chi connectivity index (χ1n) is 5.29. The Balaban J connectivity index is 2.16. The Morgan fingerprint density at radius 2 is 2.12 bits per heavy atom. The highest BCUT2D eigenvalue weighted by Crippen LogP contribution is 2.11. The predicted molar refractivity (Wildman–Crippen MR) is 69.4 cm³/mol. The van der Waals surface area contributed by atoms with Crippen LogP contribution >= 0.6 is 0 Å². The van der Waals surface area contributed by atoms with E-state index in [0.29, 0.717) is 11.4 Å². The van der Waals surface area contributed by atoms with E-state index in [0.717, 1.165) is 11.3 Å². The van der Waals surface area contributed by atoms with Crippen molar-refractivity contribution < 1.29 is 4.21 Å². The lowest BCUT2D eigenvalue weighted by Crippen LogP contribution is -2.22. The molecular formula is C11H14N4OS. The zero-order chi connectivity index (χ0) is 12.3. The lowest BCUT2D eigenvalue weighted by molar-refractivity contribution is 0.683. The first kappa shape index (κ1) is 11.9. The number of nitrogens with one attached hydrogen (secondary N) is 1. The molecule has 1 N–H and O–H groups in total. The van der Waals surface area contributed by atoms with Gasteiger partial charge in [0.1, 0.15) is 11.3 Å². The van der Waals surface area contributed by atoms with Crippen LogP contribution in [0, 0.1) is 0 Å². The number of rotatable bonds is 4. The highest BCUT2D eigenvalue weighted by Gasteiger charge is 2.06. The highest BCUT2D eigenvalue weighted by atomic mass is 32.2. The summed E-state index contributed by atoms with van der Waals surface area (Å²) in [4.78, 5) is 12.6. The molecule has 2 atom stereocenters. The van der Waals surface area contributed by atoms with Crippen molar-refractivity contribution in [1.29, 1.82) is 0 Å². The molecule has 5 nitrogen and oxygen atoms in total. The van der Waals surface area contributed by atoms with Gasteiger partial charge in [-0.25, -0.2) is 9.97 Å². The number of hydrogen-bond acceptors (Lipinski definition) is 5. The van der Waals surface area contributed by atoms with Crippen molar-refractivity contribution >= 4 is 27.8 Å². The van der Waals surface area contributed by atoms with Gasteiger partial charge in [-0.1, -0.05) is 0 Å². The van der Waals surface area contributed by atoms with Crippen LogP contribution in [-0.2, 0) is 10.8 Å². The number of nitrogens with zero attached hydrogens (tertiary/aromatic N) is 3. The summed E-state index contributed by atoms with van der Waals surface area (Å²) in [6, 6.07) is 3.84. The van der Waals surface area contributed by atoms with Crippen molar-refractivity contribution in [3.05, 3.63) is 24.5 Å². The average Bonchev–Trinajstić information content (AvgIpc) is 2.27. The van der Waals surface area contributed by atoms with E-state index in [1.807, 2.05) is 19.1 Å². The first-order chi connectivity index (χ1) is 8.15. The molecule has 2 heterocycles. The summed E-state index contributed by atoms with van der Waals surface area (Å²) in [7, 11) is -0.815. The van der Waals surface area contributed by atoms with Gasteiger partial charge in [-0.05, 0) is 19.1 Å². The molecule has 0 amide bonds. The lowest BCUT2D eigenvalue weighted by atomic mass is 10.3. The Labute approximate surface area is 102 Å². The van der Waals surface area contributed by atoms with Crippen LogP contribution < -0.4 is 5.32 Å². The second kappa shape index (κ2) is 5.18. The summed E-state index contributed by atoms with van der Waals surface area (Å²) in [5, 5.41) is 3.19. The molecule has 0 aliphatic carbocycles. The van der Waals surface area contributed by atoms with Crippen LogP contribution in [0.2, 0.25) is 0 Å². The van der Waals surface area contributed by atoms with E-state index >= 15 is 0 Å². The maximum atomic E-state index is 11.1. The van der Waals surface area contributed by atoms with Crippen LogP contribution in [0.5, 0.6) is 0 Å². The molecule has 2 aromatic heterocycles. The van der Waals surface area contributed by atoms with Gasteiger partial charge in [0.25, 0.3) is 0 Å². The zero-order valence-electron chi connectivity index (χ0n) is 9.75. The summed E-state index contributed by atoms with van der Waals surface area (Å²) in [5.74, 6) is 1.33. The summed E-state index contributed by atoms with van der Waals surface area (Å²) >= 11 is 0. The average molecular weight is 250 g/mol. The van der Waals surface area contributed by atoms with E-state index in [1.165, 1.54) is 0 Å². The summed E-state index contributed by atoms with van der Waals surface area (Å²) in [6.45, 7) is 1.98. The van der Waals surface area contributed by atoms with E-state index in [4.69, 9.17) is 0 Å². The SMILES string of the molecule is CC(CS(C)=O)Nc1ccc2nccnc2n1. The first-order valence-corrected chi connectivity index (χ1v) is 7.02. The van der Waals surface area contributed by atoms with Crippen LogP contribution in [0.4, 0.5) is 5.82 Å². The second-order valence-corrected chi connectivity index (χ2v) is 5.36. The van der Waals surface area contributed by atoms with Crippen molar-refractivity contribution in [2.24, 2.45) is 0 Å². The fraction of sp³-hybridized carbons (Fsp3) is 0.364. The van der Waals surface area contributed by atoms with Crippen molar-refractivity contribution in [3.63, 3.8) is 0 Å². The van der Waals surface area contributed by atoms with E-state index in [1.54, 1.807) is 18.6 Å². The Hall–Kier alpha value is -1.56. The third-order valence-corrected chi connectivity index (χ3v) is 3.18. The van der Waals surface area contributed by atoms with Crippen LogP contribution in [0.3, 0.4) is 0 Å². The number of anilines is 1. The molecular weight excluding hydrogens is 236 g/mol. The molecule has 0 saturated carbocycles. The van der Waals surface area contributed by atoms with Gasteiger partial charge >= 0.3 is 0 Å². The molecule has 90 valence electrons. The van der Waals surface area contributed by atoms with E-state index in [-0.39, 0.29) is 6.04 Å². The number of aromatic nitrogens is 3. The molecule has 17 heavy (non-hydrogen) atoms. The van der Waals surface area contributed by atoms with Crippen LogP contribution in [0.25, 0.3) is 11.2 Å². The number of pyridine rings is 1. The minimum absolute atomic E-state index is 0.113. The van der Waals surface area contributed by atoms with Gasteiger partial charge in [-0.2, -0.15) is 0 Å². The minimum Gasteiger partial charge on any atom is -0.367 e. The van der Waals surface area contributed by atoms with Gasteiger partial charge in [0.2, 0.25) is 0 Å².